The molecule has 2 aromatic carbocycles. The van der Waals surface area contributed by atoms with Crippen molar-refractivity contribution in [1.29, 1.82) is 0 Å². The number of halogens is 3. The van der Waals surface area contributed by atoms with Crippen LogP contribution in [0.1, 0.15) is 5.56 Å². The predicted octanol–water partition coefficient (Wildman–Crippen LogP) is 4.38. The van der Waals surface area contributed by atoms with Gasteiger partial charge in [0.05, 0.1) is 19.9 Å². The second kappa shape index (κ2) is 7.25. The zero-order valence-electron chi connectivity index (χ0n) is 12.2. The topological polar surface area (TPSA) is 80.5 Å². The highest BCUT2D eigenvalue weighted by atomic mass is 35.5. The van der Waals surface area contributed by atoms with Crippen molar-refractivity contribution in [2.45, 2.75) is 11.4 Å². The van der Waals surface area contributed by atoms with E-state index in [-0.39, 0.29) is 16.5 Å². The van der Waals surface area contributed by atoms with Crippen molar-refractivity contribution in [1.82, 2.24) is 4.31 Å². The Bertz CT molecular complexity index is 903. The minimum atomic E-state index is -3.94. The molecule has 0 radical (unpaired) electrons. The zero-order chi connectivity index (χ0) is 18.1. The van der Waals surface area contributed by atoms with Crippen LogP contribution in [0.5, 0.6) is 0 Å². The summed E-state index contributed by atoms with van der Waals surface area (Å²) in [5.41, 5.74) is 0.152. The predicted molar refractivity (Wildman–Crippen MR) is 93.2 cm³/mol. The number of benzene rings is 2. The van der Waals surface area contributed by atoms with E-state index in [2.05, 4.69) is 0 Å². The van der Waals surface area contributed by atoms with Crippen LogP contribution in [-0.2, 0) is 16.6 Å². The third-order valence-corrected chi connectivity index (χ3v) is 6.07. The lowest BCUT2D eigenvalue weighted by Crippen LogP contribution is -2.26. The van der Waals surface area contributed by atoms with Crippen LogP contribution < -0.4 is 0 Å². The smallest absolute Gasteiger partial charge is 0.258 e. The Hall–Kier alpha value is -1.38. The van der Waals surface area contributed by atoms with Gasteiger partial charge in [0, 0.05) is 19.7 Å². The Balaban J connectivity index is 2.34. The molecule has 0 saturated carbocycles. The van der Waals surface area contributed by atoms with Gasteiger partial charge in [-0.05, 0) is 29.8 Å². The van der Waals surface area contributed by atoms with Crippen molar-refractivity contribution in [2.75, 3.05) is 7.05 Å². The van der Waals surface area contributed by atoms with Crippen LogP contribution >= 0.6 is 34.8 Å². The van der Waals surface area contributed by atoms with Gasteiger partial charge in [-0.2, -0.15) is 4.31 Å². The van der Waals surface area contributed by atoms with Gasteiger partial charge in [-0.3, -0.25) is 10.1 Å². The quantitative estimate of drug-likeness (QED) is 0.542. The highest BCUT2D eigenvalue weighted by Crippen LogP contribution is 2.29. The van der Waals surface area contributed by atoms with Gasteiger partial charge in [0.2, 0.25) is 10.0 Å². The van der Waals surface area contributed by atoms with Gasteiger partial charge in [0.25, 0.3) is 5.69 Å². The first kappa shape index (κ1) is 19.0. The first-order chi connectivity index (χ1) is 11.1. The first-order valence-corrected chi connectivity index (χ1v) is 9.04. The Morgan fingerprint density at radius 2 is 1.67 bits per heavy atom. The summed E-state index contributed by atoms with van der Waals surface area (Å²) in [6.07, 6.45) is 0. The Morgan fingerprint density at radius 1 is 1.04 bits per heavy atom. The van der Waals surface area contributed by atoms with Crippen LogP contribution in [0.4, 0.5) is 5.69 Å². The van der Waals surface area contributed by atoms with Crippen molar-refractivity contribution in [2.24, 2.45) is 0 Å². The van der Waals surface area contributed by atoms with Gasteiger partial charge in [-0.25, -0.2) is 8.42 Å². The van der Waals surface area contributed by atoms with Crippen molar-refractivity contribution in [3.63, 3.8) is 0 Å². The summed E-state index contributed by atoms with van der Waals surface area (Å²) in [5.74, 6) is 0. The third kappa shape index (κ3) is 3.99. The van der Waals surface area contributed by atoms with E-state index in [1.165, 1.54) is 19.2 Å². The number of nitrogens with zero attached hydrogens (tertiary/aromatic N) is 2. The van der Waals surface area contributed by atoms with Gasteiger partial charge >= 0.3 is 0 Å². The van der Waals surface area contributed by atoms with Crippen LogP contribution in [-0.4, -0.2) is 24.7 Å². The average molecular weight is 410 g/mol. The van der Waals surface area contributed by atoms with Crippen molar-refractivity contribution in [3.8, 4) is 0 Å². The molecule has 0 atom stereocenters. The summed E-state index contributed by atoms with van der Waals surface area (Å²) in [4.78, 5) is 9.96. The molecule has 2 aromatic rings. The molecule has 0 aliphatic carbocycles. The minimum Gasteiger partial charge on any atom is -0.258 e. The van der Waals surface area contributed by atoms with Gasteiger partial charge in [-0.1, -0.05) is 40.9 Å². The molecule has 0 bridgehead atoms. The van der Waals surface area contributed by atoms with Crippen molar-refractivity contribution >= 4 is 50.5 Å². The minimum absolute atomic E-state index is 0.0235. The maximum absolute atomic E-state index is 12.6. The molecule has 0 unspecified atom stereocenters. The number of rotatable bonds is 5. The number of nitro groups is 1. The highest BCUT2D eigenvalue weighted by Gasteiger charge is 2.25. The van der Waals surface area contributed by atoms with E-state index >= 15 is 0 Å². The highest BCUT2D eigenvalue weighted by molar-refractivity contribution is 7.89. The van der Waals surface area contributed by atoms with Crippen molar-refractivity contribution < 1.29 is 13.3 Å². The van der Waals surface area contributed by atoms with E-state index in [1.807, 2.05) is 0 Å². The fourth-order valence-corrected chi connectivity index (χ4v) is 3.64. The van der Waals surface area contributed by atoms with E-state index in [0.29, 0.717) is 15.6 Å². The molecule has 2 rings (SSSR count). The molecule has 0 aliphatic heterocycles. The molecule has 0 amide bonds. The van der Waals surface area contributed by atoms with E-state index in [4.69, 9.17) is 34.8 Å². The van der Waals surface area contributed by atoms with Crippen molar-refractivity contribution in [3.05, 3.63) is 67.1 Å². The molecule has 24 heavy (non-hydrogen) atoms. The standard InChI is InChI=1S/C14H11Cl3N2O4S/c1-18(8-9-2-4-11(15)13(17)6-9)24(22,23)10-3-5-12(16)14(7-10)19(20)21/h2-7H,8H2,1H3. The van der Waals surface area contributed by atoms with E-state index in [0.717, 1.165) is 10.4 Å². The monoisotopic (exact) mass is 408 g/mol. The zero-order valence-corrected chi connectivity index (χ0v) is 15.3. The lowest BCUT2D eigenvalue weighted by Gasteiger charge is -2.17. The Kier molecular flexibility index (Phi) is 5.72. The summed E-state index contributed by atoms with van der Waals surface area (Å²) in [6.45, 7) is 0.0235. The lowest BCUT2D eigenvalue weighted by atomic mass is 10.2. The molecular weight excluding hydrogens is 399 g/mol. The van der Waals surface area contributed by atoms with Gasteiger partial charge in [-0.15, -0.1) is 0 Å². The maximum atomic E-state index is 12.6. The van der Waals surface area contributed by atoms with Gasteiger partial charge < -0.3 is 0 Å². The van der Waals surface area contributed by atoms with Crippen LogP contribution in [0.3, 0.4) is 0 Å². The Morgan fingerprint density at radius 3 is 2.25 bits per heavy atom. The molecule has 0 heterocycles. The summed E-state index contributed by atoms with van der Waals surface area (Å²) in [7, 11) is -2.58. The molecule has 0 saturated heterocycles. The second-order valence-corrected chi connectivity index (χ2v) is 8.15. The SMILES string of the molecule is CN(Cc1ccc(Cl)c(Cl)c1)S(=O)(=O)c1ccc(Cl)c([N+](=O)[O-])c1. The number of nitro benzene ring substituents is 1. The number of hydrogen-bond donors (Lipinski definition) is 0. The molecule has 6 nitrogen and oxygen atoms in total. The summed E-state index contributed by atoms with van der Waals surface area (Å²) >= 11 is 17.4. The summed E-state index contributed by atoms with van der Waals surface area (Å²) in [6, 6.07) is 8.09. The molecular formula is C14H11Cl3N2O4S. The molecule has 0 aromatic heterocycles. The van der Waals surface area contributed by atoms with Crippen LogP contribution in [0.15, 0.2) is 41.3 Å². The molecule has 10 heteroatoms. The molecule has 0 fully saturated rings. The maximum Gasteiger partial charge on any atom is 0.289 e. The van der Waals surface area contributed by atoms with E-state index in [1.54, 1.807) is 18.2 Å². The number of hydrogen-bond acceptors (Lipinski definition) is 4. The molecule has 0 spiro atoms. The fraction of sp³-hybridized carbons (Fsp3) is 0.143. The largest absolute Gasteiger partial charge is 0.289 e. The lowest BCUT2D eigenvalue weighted by molar-refractivity contribution is -0.384. The van der Waals surface area contributed by atoms with Gasteiger partial charge in [0.1, 0.15) is 5.02 Å². The Labute approximate surface area is 153 Å². The summed E-state index contributed by atoms with van der Waals surface area (Å²) in [5, 5.41) is 11.5. The fourth-order valence-electron chi connectivity index (χ4n) is 1.95. The molecule has 0 aliphatic rings. The van der Waals surface area contributed by atoms with E-state index < -0.39 is 20.6 Å². The van der Waals surface area contributed by atoms with Crippen LogP contribution in [0.25, 0.3) is 0 Å². The van der Waals surface area contributed by atoms with Gasteiger partial charge in [0.15, 0.2) is 0 Å². The first-order valence-electron chi connectivity index (χ1n) is 6.47. The molecule has 0 N–H and O–H groups in total. The molecule has 128 valence electrons. The second-order valence-electron chi connectivity index (χ2n) is 4.88. The number of sulfonamides is 1. The average Bonchev–Trinajstić information content (AvgIpc) is 2.50. The normalized spacial score (nSPS) is 11.7. The van der Waals surface area contributed by atoms with Crippen LogP contribution in [0, 0.1) is 10.1 Å². The van der Waals surface area contributed by atoms with Crippen LogP contribution in [0.2, 0.25) is 15.1 Å². The van der Waals surface area contributed by atoms with E-state index in [9.17, 15) is 18.5 Å². The summed E-state index contributed by atoms with van der Waals surface area (Å²) < 4.78 is 26.2. The third-order valence-electron chi connectivity index (χ3n) is 3.21.